The van der Waals surface area contributed by atoms with Crippen molar-refractivity contribution < 1.29 is 19.7 Å². The van der Waals surface area contributed by atoms with E-state index in [2.05, 4.69) is 0 Å². The van der Waals surface area contributed by atoms with Crippen molar-refractivity contribution in [1.29, 1.82) is 0 Å². The molecule has 2 aliphatic rings. The molecule has 110 valence electrons. The fourth-order valence-corrected chi connectivity index (χ4v) is 3.27. The summed E-state index contributed by atoms with van der Waals surface area (Å²) in [6.07, 6.45) is 1.38. The van der Waals surface area contributed by atoms with Crippen LogP contribution in [0.25, 0.3) is 0 Å². The zero-order valence-electron chi connectivity index (χ0n) is 11.8. The summed E-state index contributed by atoms with van der Waals surface area (Å²) in [7, 11) is 0. The van der Waals surface area contributed by atoms with Crippen molar-refractivity contribution in [1.82, 2.24) is 0 Å². The van der Waals surface area contributed by atoms with Gasteiger partial charge < -0.3 is 19.7 Å². The van der Waals surface area contributed by atoms with Gasteiger partial charge in [-0.15, -0.1) is 0 Å². The van der Waals surface area contributed by atoms with Crippen LogP contribution in [0.3, 0.4) is 0 Å². The molecule has 1 aromatic carbocycles. The van der Waals surface area contributed by atoms with Crippen molar-refractivity contribution in [3.8, 4) is 0 Å². The standard InChI is InChI=1S/C16H22O4/c1-12-3-2-4-13(11-12)14(17)15(18)5-7-16(8-6-15)19-9-10-20-16/h2-4,11,14,17-18H,5-10H2,1H3. The number of rotatable bonds is 2. The molecular formula is C16H22O4. The fraction of sp³-hybridized carbons (Fsp3) is 0.625. The van der Waals surface area contributed by atoms with E-state index in [4.69, 9.17) is 9.47 Å². The molecule has 1 spiro atoms. The zero-order valence-corrected chi connectivity index (χ0v) is 11.8. The van der Waals surface area contributed by atoms with Gasteiger partial charge in [0.15, 0.2) is 5.79 Å². The number of hydrogen-bond donors (Lipinski definition) is 2. The van der Waals surface area contributed by atoms with Gasteiger partial charge in [0.2, 0.25) is 0 Å². The molecule has 1 aromatic rings. The number of aryl methyl sites for hydroxylation is 1. The summed E-state index contributed by atoms with van der Waals surface area (Å²) in [5, 5.41) is 21.3. The Bertz CT molecular complexity index is 469. The quantitative estimate of drug-likeness (QED) is 0.869. The first kappa shape index (κ1) is 14.0. The third-order valence-electron chi connectivity index (χ3n) is 4.56. The molecule has 1 saturated carbocycles. The lowest BCUT2D eigenvalue weighted by atomic mass is 9.76. The fourth-order valence-electron chi connectivity index (χ4n) is 3.27. The molecule has 0 radical (unpaired) electrons. The Hall–Kier alpha value is -0.940. The minimum absolute atomic E-state index is 0.488. The average molecular weight is 278 g/mol. The first-order chi connectivity index (χ1) is 9.53. The Morgan fingerprint density at radius 2 is 1.75 bits per heavy atom. The van der Waals surface area contributed by atoms with Gasteiger partial charge in [-0.25, -0.2) is 0 Å². The second-order valence-electron chi connectivity index (χ2n) is 6.03. The molecule has 1 atom stereocenters. The first-order valence-corrected chi connectivity index (χ1v) is 7.28. The third kappa shape index (κ3) is 2.49. The molecule has 0 amide bonds. The zero-order chi connectivity index (χ0) is 14.2. The molecule has 1 aliphatic carbocycles. The number of aliphatic hydroxyl groups is 2. The largest absolute Gasteiger partial charge is 0.387 e. The molecule has 4 nitrogen and oxygen atoms in total. The average Bonchev–Trinajstić information content (AvgIpc) is 2.91. The monoisotopic (exact) mass is 278 g/mol. The smallest absolute Gasteiger partial charge is 0.168 e. The van der Waals surface area contributed by atoms with Crippen LogP contribution in [0.5, 0.6) is 0 Å². The van der Waals surface area contributed by atoms with E-state index in [9.17, 15) is 10.2 Å². The van der Waals surface area contributed by atoms with Crippen LogP contribution in [-0.2, 0) is 9.47 Å². The number of ether oxygens (including phenoxy) is 2. The van der Waals surface area contributed by atoms with E-state index in [1.54, 1.807) is 0 Å². The van der Waals surface area contributed by atoms with Crippen LogP contribution in [0.15, 0.2) is 24.3 Å². The van der Waals surface area contributed by atoms with Gasteiger partial charge in [-0.05, 0) is 25.3 Å². The van der Waals surface area contributed by atoms with Crippen molar-refractivity contribution in [3.63, 3.8) is 0 Å². The molecule has 2 N–H and O–H groups in total. The Morgan fingerprint density at radius 1 is 1.10 bits per heavy atom. The van der Waals surface area contributed by atoms with E-state index in [0.29, 0.717) is 38.9 Å². The Balaban J connectivity index is 1.73. The summed E-state index contributed by atoms with van der Waals surface area (Å²) < 4.78 is 11.3. The Labute approximate surface area is 119 Å². The van der Waals surface area contributed by atoms with Crippen LogP contribution in [0.2, 0.25) is 0 Å². The Kier molecular flexibility index (Phi) is 3.58. The molecule has 0 aromatic heterocycles. The summed E-state index contributed by atoms with van der Waals surface area (Å²) >= 11 is 0. The van der Waals surface area contributed by atoms with Gasteiger partial charge in [-0.3, -0.25) is 0 Å². The summed E-state index contributed by atoms with van der Waals surface area (Å²) in [6.45, 7) is 3.23. The van der Waals surface area contributed by atoms with Crippen LogP contribution in [0.1, 0.15) is 42.9 Å². The number of aliphatic hydroxyl groups excluding tert-OH is 1. The van der Waals surface area contributed by atoms with Crippen LogP contribution < -0.4 is 0 Å². The number of hydrogen-bond acceptors (Lipinski definition) is 4. The van der Waals surface area contributed by atoms with Crippen molar-refractivity contribution >= 4 is 0 Å². The maximum atomic E-state index is 10.8. The number of benzene rings is 1. The highest BCUT2D eigenvalue weighted by atomic mass is 16.7. The molecule has 1 heterocycles. The van der Waals surface area contributed by atoms with Gasteiger partial charge in [0.1, 0.15) is 6.10 Å². The van der Waals surface area contributed by atoms with Crippen molar-refractivity contribution in [2.75, 3.05) is 13.2 Å². The van der Waals surface area contributed by atoms with Crippen LogP contribution >= 0.6 is 0 Å². The molecule has 0 bridgehead atoms. The second-order valence-corrected chi connectivity index (χ2v) is 6.03. The molecule has 1 aliphatic heterocycles. The summed E-state index contributed by atoms with van der Waals surface area (Å²) in [5.41, 5.74) is 0.769. The lowest BCUT2D eigenvalue weighted by Gasteiger charge is -2.42. The lowest BCUT2D eigenvalue weighted by molar-refractivity contribution is -0.217. The van der Waals surface area contributed by atoms with Crippen molar-refractivity contribution in [2.45, 2.75) is 50.1 Å². The second kappa shape index (κ2) is 5.11. The molecule has 4 heteroatoms. The predicted molar refractivity (Wildman–Crippen MR) is 74.2 cm³/mol. The molecule has 3 rings (SSSR count). The van der Waals surface area contributed by atoms with Gasteiger partial charge in [-0.2, -0.15) is 0 Å². The molecular weight excluding hydrogens is 256 g/mol. The first-order valence-electron chi connectivity index (χ1n) is 7.28. The highest BCUT2D eigenvalue weighted by Gasteiger charge is 2.48. The SMILES string of the molecule is Cc1cccc(C(O)C2(O)CCC3(CC2)OCCO3)c1. The van der Waals surface area contributed by atoms with Crippen molar-refractivity contribution in [3.05, 3.63) is 35.4 Å². The maximum absolute atomic E-state index is 10.8. The third-order valence-corrected chi connectivity index (χ3v) is 4.56. The lowest BCUT2D eigenvalue weighted by Crippen LogP contribution is -2.46. The van der Waals surface area contributed by atoms with E-state index < -0.39 is 17.5 Å². The van der Waals surface area contributed by atoms with E-state index >= 15 is 0 Å². The van der Waals surface area contributed by atoms with Gasteiger partial charge in [0, 0.05) is 12.8 Å². The minimum Gasteiger partial charge on any atom is -0.387 e. The highest BCUT2D eigenvalue weighted by molar-refractivity contribution is 5.26. The summed E-state index contributed by atoms with van der Waals surface area (Å²) in [4.78, 5) is 0. The van der Waals surface area contributed by atoms with Crippen LogP contribution in [-0.4, -0.2) is 34.8 Å². The summed E-state index contributed by atoms with van der Waals surface area (Å²) in [6, 6.07) is 7.68. The highest BCUT2D eigenvalue weighted by Crippen LogP contribution is 2.45. The maximum Gasteiger partial charge on any atom is 0.168 e. The van der Waals surface area contributed by atoms with E-state index in [1.807, 2.05) is 31.2 Å². The minimum atomic E-state index is -1.09. The van der Waals surface area contributed by atoms with E-state index in [0.717, 1.165) is 11.1 Å². The predicted octanol–water partition coefficient (Wildman–Crippen LogP) is 2.08. The van der Waals surface area contributed by atoms with E-state index in [1.165, 1.54) is 0 Å². The molecule has 1 saturated heterocycles. The van der Waals surface area contributed by atoms with E-state index in [-0.39, 0.29) is 0 Å². The van der Waals surface area contributed by atoms with Crippen molar-refractivity contribution in [2.24, 2.45) is 0 Å². The molecule has 1 unspecified atom stereocenters. The molecule has 2 fully saturated rings. The van der Waals surface area contributed by atoms with Gasteiger partial charge >= 0.3 is 0 Å². The van der Waals surface area contributed by atoms with Crippen LogP contribution in [0.4, 0.5) is 0 Å². The normalized spacial score (nSPS) is 25.8. The van der Waals surface area contributed by atoms with Gasteiger partial charge in [0.25, 0.3) is 0 Å². The topological polar surface area (TPSA) is 58.9 Å². The Morgan fingerprint density at radius 3 is 2.35 bits per heavy atom. The van der Waals surface area contributed by atoms with Crippen LogP contribution in [0, 0.1) is 6.92 Å². The molecule has 20 heavy (non-hydrogen) atoms. The summed E-state index contributed by atoms with van der Waals surface area (Å²) in [5.74, 6) is -0.515. The van der Waals surface area contributed by atoms with Gasteiger partial charge in [-0.1, -0.05) is 29.8 Å². The van der Waals surface area contributed by atoms with Gasteiger partial charge in [0.05, 0.1) is 18.8 Å².